The number of para-hydroxylation sites is 1. The number of hydrogen-bond acceptors (Lipinski definition) is 4. The van der Waals surface area contributed by atoms with Crippen LogP contribution in [0.2, 0.25) is 0 Å². The van der Waals surface area contributed by atoms with Crippen LogP contribution < -0.4 is 4.74 Å². The lowest BCUT2D eigenvalue weighted by Crippen LogP contribution is -2.24. The van der Waals surface area contributed by atoms with Crippen LogP contribution in [0.5, 0.6) is 5.75 Å². The highest BCUT2D eigenvalue weighted by Crippen LogP contribution is 2.11. The highest BCUT2D eigenvalue weighted by atomic mass is 16.5. The van der Waals surface area contributed by atoms with E-state index in [1.165, 1.54) is 0 Å². The number of β-amino-alcohol motifs (C(OH)–C–C–N with tert-alkyl or cyclic N) is 2. The van der Waals surface area contributed by atoms with Crippen LogP contribution in [0.3, 0.4) is 0 Å². The van der Waals surface area contributed by atoms with Crippen molar-refractivity contribution in [3.8, 4) is 5.75 Å². The van der Waals surface area contributed by atoms with E-state index in [0.29, 0.717) is 19.7 Å². The molecule has 2 atom stereocenters. The maximum absolute atomic E-state index is 9.38. The minimum Gasteiger partial charge on any atom is -0.494 e. The first kappa shape index (κ1) is 12.4. The number of hydrogen-bond donors (Lipinski definition) is 2. The fourth-order valence-electron chi connectivity index (χ4n) is 2.02. The summed E-state index contributed by atoms with van der Waals surface area (Å²) in [4.78, 5) is 2.06. The maximum atomic E-state index is 9.38. The van der Waals surface area contributed by atoms with Crippen LogP contribution in [0.25, 0.3) is 0 Å². The van der Waals surface area contributed by atoms with Crippen molar-refractivity contribution < 1.29 is 14.9 Å². The first-order chi connectivity index (χ1) is 8.25. The third-order valence-electron chi connectivity index (χ3n) is 2.97. The standard InChI is InChI=1S/C13H19NO3/c15-12-9-14(10-13(12)16)7-4-8-17-11-5-2-1-3-6-11/h1-3,5-6,12-13,15-16H,4,7-10H2/t12-,13+. The predicted molar refractivity (Wildman–Crippen MR) is 65.0 cm³/mol. The summed E-state index contributed by atoms with van der Waals surface area (Å²) in [5.74, 6) is 0.883. The lowest BCUT2D eigenvalue weighted by molar-refractivity contribution is 0.0572. The van der Waals surface area contributed by atoms with Crippen molar-refractivity contribution >= 4 is 0 Å². The molecule has 1 aliphatic rings. The van der Waals surface area contributed by atoms with Gasteiger partial charge in [-0.2, -0.15) is 0 Å². The zero-order valence-corrected chi connectivity index (χ0v) is 9.83. The van der Waals surface area contributed by atoms with Crippen LogP contribution in [0.1, 0.15) is 6.42 Å². The van der Waals surface area contributed by atoms with Gasteiger partial charge in [-0.3, -0.25) is 4.90 Å². The van der Waals surface area contributed by atoms with E-state index in [-0.39, 0.29) is 0 Å². The summed E-state index contributed by atoms with van der Waals surface area (Å²) in [5, 5.41) is 18.8. The summed E-state index contributed by atoms with van der Waals surface area (Å²) in [6.45, 7) is 2.63. The molecule has 4 nitrogen and oxygen atoms in total. The smallest absolute Gasteiger partial charge is 0.119 e. The van der Waals surface area contributed by atoms with Gasteiger partial charge < -0.3 is 14.9 Å². The number of ether oxygens (including phenoxy) is 1. The molecule has 0 aliphatic carbocycles. The molecular formula is C13H19NO3. The Kier molecular flexibility index (Phi) is 4.36. The first-order valence-corrected chi connectivity index (χ1v) is 6.02. The van der Waals surface area contributed by atoms with Crippen molar-refractivity contribution in [2.24, 2.45) is 0 Å². The zero-order chi connectivity index (χ0) is 12.1. The van der Waals surface area contributed by atoms with Gasteiger partial charge in [0, 0.05) is 19.6 Å². The fourth-order valence-corrected chi connectivity index (χ4v) is 2.02. The highest BCUT2D eigenvalue weighted by molar-refractivity contribution is 5.20. The van der Waals surface area contributed by atoms with Gasteiger partial charge in [0.05, 0.1) is 18.8 Å². The van der Waals surface area contributed by atoms with Gasteiger partial charge >= 0.3 is 0 Å². The number of likely N-dealkylation sites (tertiary alicyclic amines) is 1. The molecule has 0 radical (unpaired) electrons. The maximum Gasteiger partial charge on any atom is 0.119 e. The van der Waals surface area contributed by atoms with Crippen LogP contribution in [0.4, 0.5) is 0 Å². The molecule has 1 heterocycles. The molecule has 0 amide bonds. The average molecular weight is 237 g/mol. The van der Waals surface area contributed by atoms with Crippen LogP contribution in [0, 0.1) is 0 Å². The number of aliphatic hydroxyl groups is 2. The number of benzene rings is 1. The van der Waals surface area contributed by atoms with Crippen molar-refractivity contribution in [1.82, 2.24) is 4.90 Å². The van der Waals surface area contributed by atoms with E-state index in [9.17, 15) is 10.2 Å². The van der Waals surface area contributed by atoms with Crippen molar-refractivity contribution in [3.63, 3.8) is 0 Å². The van der Waals surface area contributed by atoms with Gasteiger partial charge in [-0.05, 0) is 18.6 Å². The van der Waals surface area contributed by atoms with Crippen LogP contribution in [0.15, 0.2) is 30.3 Å². The van der Waals surface area contributed by atoms with Gasteiger partial charge in [-0.25, -0.2) is 0 Å². The Morgan fingerprint density at radius 2 is 1.76 bits per heavy atom. The van der Waals surface area contributed by atoms with E-state index in [4.69, 9.17) is 4.74 Å². The molecular weight excluding hydrogens is 218 g/mol. The van der Waals surface area contributed by atoms with Crippen LogP contribution in [-0.4, -0.2) is 53.6 Å². The monoisotopic (exact) mass is 237 g/mol. The van der Waals surface area contributed by atoms with Gasteiger partial charge in [0.1, 0.15) is 5.75 Å². The molecule has 0 aromatic heterocycles. The van der Waals surface area contributed by atoms with Crippen molar-refractivity contribution in [2.45, 2.75) is 18.6 Å². The van der Waals surface area contributed by atoms with Gasteiger partial charge in [0.2, 0.25) is 0 Å². The third-order valence-corrected chi connectivity index (χ3v) is 2.97. The summed E-state index contributed by atoms with van der Waals surface area (Å²) in [6.07, 6.45) is -0.288. The van der Waals surface area contributed by atoms with E-state index in [0.717, 1.165) is 18.7 Å². The predicted octanol–water partition coefficient (Wildman–Crippen LogP) is 0.493. The molecule has 0 unspecified atom stereocenters. The van der Waals surface area contributed by atoms with Crippen LogP contribution in [-0.2, 0) is 0 Å². The lowest BCUT2D eigenvalue weighted by Gasteiger charge is -2.14. The number of aliphatic hydroxyl groups excluding tert-OH is 2. The largest absolute Gasteiger partial charge is 0.494 e. The van der Waals surface area contributed by atoms with Crippen molar-refractivity contribution in [1.29, 1.82) is 0 Å². The Morgan fingerprint density at radius 1 is 1.12 bits per heavy atom. The second kappa shape index (κ2) is 6.00. The van der Waals surface area contributed by atoms with Gasteiger partial charge in [-0.1, -0.05) is 18.2 Å². The second-order valence-corrected chi connectivity index (χ2v) is 4.41. The summed E-state index contributed by atoms with van der Waals surface area (Å²) < 4.78 is 5.57. The molecule has 1 aromatic carbocycles. The molecule has 1 aliphatic heterocycles. The molecule has 0 spiro atoms. The average Bonchev–Trinajstić information content (AvgIpc) is 2.66. The van der Waals surface area contributed by atoms with E-state index in [2.05, 4.69) is 4.90 Å². The summed E-state index contributed by atoms with van der Waals surface area (Å²) in [5.41, 5.74) is 0. The molecule has 2 N–H and O–H groups in total. The highest BCUT2D eigenvalue weighted by Gasteiger charge is 2.28. The minimum absolute atomic E-state index is 0.562. The molecule has 0 bridgehead atoms. The molecule has 94 valence electrons. The fraction of sp³-hybridized carbons (Fsp3) is 0.538. The van der Waals surface area contributed by atoms with E-state index >= 15 is 0 Å². The van der Waals surface area contributed by atoms with Gasteiger partial charge in [0.25, 0.3) is 0 Å². The Hall–Kier alpha value is -1.10. The van der Waals surface area contributed by atoms with Gasteiger partial charge in [-0.15, -0.1) is 0 Å². The first-order valence-electron chi connectivity index (χ1n) is 6.02. The summed E-state index contributed by atoms with van der Waals surface area (Å²) >= 11 is 0. The Morgan fingerprint density at radius 3 is 2.41 bits per heavy atom. The van der Waals surface area contributed by atoms with Gasteiger partial charge in [0.15, 0.2) is 0 Å². The van der Waals surface area contributed by atoms with Crippen molar-refractivity contribution in [3.05, 3.63) is 30.3 Å². The number of rotatable bonds is 5. The number of nitrogens with zero attached hydrogens (tertiary/aromatic N) is 1. The van der Waals surface area contributed by atoms with Crippen molar-refractivity contribution in [2.75, 3.05) is 26.2 Å². The lowest BCUT2D eigenvalue weighted by atomic mass is 10.3. The Labute approximate surface area is 101 Å². The van der Waals surface area contributed by atoms with E-state index in [1.807, 2.05) is 30.3 Å². The third kappa shape index (κ3) is 3.70. The molecule has 4 heteroatoms. The van der Waals surface area contributed by atoms with E-state index in [1.54, 1.807) is 0 Å². The second-order valence-electron chi connectivity index (χ2n) is 4.41. The van der Waals surface area contributed by atoms with E-state index < -0.39 is 12.2 Å². The summed E-state index contributed by atoms with van der Waals surface area (Å²) in [7, 11) is 0. The quantitative estimate of drug-likeness (QED) is 0.732. The molecule has 2 rings (SSSR count). The van der Waals surface area contributed by atoms with Crippen LogP contribution >= 0.6 is 0 Å². The molecule has 1 aromatic rings. The summed E-state index contributed by atoms with van der Waals surface area (Å²) in [6, 6.07) is 9.72. The topological polar surface area (TPSA) is 52.9 Å². The SMILES string of the molecule is O[C@@H]1CN(CCCOc2ccccc2)C[C@@H]1O. The molecule has 17 heavy (non-hydrogen) atoms. The normalized spacial score (nSPS) is 25.1. The molecule has 1 fully saturated rings. The zero-order valence-electron chi connectivity index (χ0n) is 9.83. The minimum atomic E-state index is -0.593. The Balaban J connectivity index is 1.61. The molecule has 0 saturated carbocycles. The Bertz CT molecular complexity index is 321. The molecule has 1 saturated heterocycles.